The fourth-order valence-corrected chi connectivity index (χ4v) is 1.27. The van der Waals surface area contributed by atoms with Gasteiger partial charge in [0, 0.05) is 12.2 Å². The van der Waals surface area contributed by atoms with Crippen molar-refractivity contribution in [2.45, 2.75) is 6.42 Å². The van der Waals surface area contributed by atoms with Crippen LogP contribution in [0.1, 0.15) is 6.42 Å². The summed E-state index contributed by atoms with van der Waals surface area (Å²) in [6, 6.07) is 6.87. The van der Waals surface area contributed by atoms with Gasteiger partial charge in [-0.25, -0.2) is 0 Å². The monoisotopic (exact) mass is 248 g/mol. The molecule has 0 aliphatic rings. The van der Waals surface area contributed by atoms with Crippen molar-refractivity contribution in [1.82, 2.24) is 5.32 Å². The summed E-state index contributed by atoms with van der Waals surface area (Å²) in [7, 11) is 1.57. The lowest BCUT2D eigenvalue weighted by molar-refractivity contribution is -0.126. The fourth-order valence-electron chi connectivity index (χ4n) is 1.27. The van der Waals surface area contributed by atoms with Crippen LogP contribution < -0.4 is 15.4 Å². The Morgan fingerprint density at radius 2 is 1.94 bits per heavy atom. The SMILES string of the molecule is C=CCNC(=O)CC(=O)Nc1ccc(OC)cc1. The van der Waals surface area contributed by atoms with Gasteiger partial charge in [0.1, 0.15) is 12.2 Å². The third-order valence-electron chi connectivity index (χ3n) is 2.14. The van der Waals surface area contributed by atoms with Gasteiger partial charge in [0.05, 0.1) is 7.11 Å². The minimum atomic E-state index is -0.360. The Morgan fingerprint density at radius 1 is 1.28 bits per heavy atom. The zero-order chi connectivity index (χ0) is 13.4. The Hall–Kier alpha value is -2.30. The molecule has 1 rings (SSSR count). The summed E-state index contributed by atoms with van der Waals surface area (Å²) in [6.07, 6.45) is 1.35. The standard InChI is InChI=1S/C13H16N2O3/c1-3-8-14-12(16)9-13(17)15-10-4-6-11(18-2)7-5-10/h3-7H,1,8-9H2,2H3,(H,14,16)(H,15,17). The number of hydrogen-bond acceptors (Lipinski definition) is 3. The molecule has 0 aliphatic heterocycles. The second-order valence-corrected chi connectivity index (χ2v) is 3.55. The highest BCUT2D eigenvalue weighted by atomic mass is 16.5. The van der Waals surface area contributed by atoms with Gasteiger partial charge < -0.3 is 15.4 Å². The number of hydrogen-bond donors (Lipinski definition) is 2. The van der Waals surface area contributed by atoms with Crippen LogP contribution >= 0.6 is 0 Å². The van der Waals surface area contributed by atoms with Gasteiger partial charge in [-0.15, -0.1) is 6.58 Å². The molecule has 0 bridgehead atoms. The molecule has 0 atom stereocenters. The Kier molecular flexibility index (Phi) is 5.44. The van der Waals surface area contributed by atoms with Crippen LogP contribution in [-0.2, 0) is 9.59 Å². The smallest absolute Gasteiger partial charge is 0.233 e. The minimum absolute atomic E-state index is 0.208. The predicted octanol–water partition coefficient (Wildman–Crippen LogP) is 1.33. The molecule has 0 heterocycles. The highest BCUT2D eigenvalue weighted by Crippen LogP contribution is 2.14. The van der Waals surface area contributed by atoms with Crippen molar-refractivity contribution in [2.24, 2.45) is 0 Å². The number of carbonyl (C=O) groups is 2. The first-order chi connectivity index (χ1) is 8.65. The number of nitrogens with one attached hydrogen (secondary N) is 2. The zero-order valence-corrected chi connectivity index (χ0v) is 10.2. The molecule has 0 spiro atoms. The van der Waals surface area contributed by atoms with Crippen LogP contribution in [0.3, 0.4) is 0 Å². The quantitative estimate of drug-likeness (QED) is 0.589. The number of benzene rings is 1. The number of amides is 2. The molecular formula is C13H16N2O3. The molecule has 0 unspecified atom stereocenters. The van der Waals surface area contributed by atoms with Gasteiger partial charge in [0.2, 0.25) is 11.8 Å². The highest BCUT2D eigenvalue weighted by molar-refractivity contribution is 6.03. The lowest BCUT2D eigenvalue weighted by atomic mass is 10.3. The van der Waals surface area contributed by atoms with Crippen molar-refractivity contribution in [3.05, 3.63) is 36.9 Å². The van der Waals surface area contributed by atoms with Gasteiger partial charge in [-0.2, -0.15) is 0 Å². The van der Waals surface area contributed by atoms with Crippen LogP contribution in [-0.4, -0.2) is 25.5 Å². The predicted molar refractivity (Wildman–Crippen MR) is 69.4 cm³/mol. The van der Waals surface area contributed by atoms with Gasteiger partial charge in [-0.1, -0.05) is 6.08 Å². The first kappa shape index (κ1) is 13.8. The van der Waals surface area contributed by atoms with Crippen LogP contribution in [0.25, 0.3) is 0 Å². The van der Waals surface area contributed by atoms with Crippen molar-refractivity contribution in [3.63, 3.8) is 0 Å². The van der Waals surface area contributed by atoms with Crippen molar-refractivity contribution < 1.29 is 14.3 Å². The van der Waals surface area contributed by atoms with Crippen molar-refractivity contribution in [1.29, 1.82) is 0 Å². The van der Waals surface area contributed by atoms with Gasteiger partial charge >= 0.3 is 0 Å². The summed E-state index contributed by atoms with van der Waals surface area (Å²) in [5.41, 5.74) is 0.623. The summed E-state index contributed by atoms with van der Waals surface area (Å²) in [5.74, 6) is 0.0133. The van der Waals surface area contributed by atoms with E-state index in [-0.39, 0.29) is 18.2 Å². The van der Waals surface area contributed by atoms with Gasteiger partial charge in [-0.05, 0) is 24.3 Å². The third kappa shape index (κ3) is 4.69. The maximum absolute atomic E-state index is 11.5. The van der Waals surface area contributed by atoms with Crippen molar-refractivity contribution in [2.75, 3.05) is 19.0 Å². The molecule has 1 aromatic carbocycles. The molecule has 0 fully saturated rings. The lowest BCUT2D eigenvalue weighted by Crippen LogP contribution is -2.28. The van der Waals surface area contributed by atoms with E-state index in [2.05, 4.69) is 17.2 Å². The molecule has 0 radical (unpaired) electrons. The molecule has 0 saturated heterocycles. The van der Waals surface area contributed by atoms with E-state index in [1.165, 1.54) is 0 Å². The number of methoxy groups -OCH3 is 1. The minimum Gasteiger partial charge on any atom is -0.497 e. The van der Waals surface area contributed by atoms with Gasteiger partial charge in [-0.3, -0.25) is 9.59 Å². The summed E-state index contributed by atoms with van der Waals surface area (Å²) in [4.78, 5) is 22.8. The molecule has 5 nitrogen and oxygen atoms in total. The van der Waals surface area contributed by atoms with E-state index >= 15 is 0 Å². The molecule has 1 aromatic rings. The second kappa shape index (κ2) is 7.11. The van der Waals surface area contributed by atoms with Crippen LogP contribution in [0.5, 0.6) is 5.75 Å². The first-order valence-electron chi connectivity index (χ1n) is 5.47. The van der Waals surface area contributed by atoms with E-state index in [4.69, 9.17) is 4.74 Å². The number of carbonyl (C=O) groups excluding carboxylic acids is 2. The largest absolute Gasteiger partial charge is 0.497 e. The average Bonchev–Trinajstić information content (AvgIpc) is 2.37. The van der Waals surface area contributed by atoms with E-state index in [9.17, 15) is 9.59 Å². The van der Waals surface area contributed by atoms with E-state index in [0.29, 0.717) is 18.0 Å². The van der Waals surface area contributed by atoms with Crippen LogP contribution in [0, 0.1) is 0 Å². The normalized spacial score (nSPS) is 9.39. The Morgan fingerprint density at radius 3 is 2.50 bits per heavy atom. The zero-order valence-electron chi connectivity index (χ0n) is 10.2. The summed E-state index contributed by atoms with van der Waals surface area (Å²) in [5, 5.41) is 5.15. The second-order valence-electron chi connectivity index (χ2n) is 3.55. The van der Waals surface area contributed by atoms with E-state index in [0.717, 1.165) is 0 Å². The van der Waals surface area contributed by atoms with Crippen LogP contribution in [0.15, 0.2) is 36.9 Å². The Labute approximate surface area is 106 Å². The lowest BCUT2D eigenvalue weighted by Gasteiger charge is -2.06. The van der Waals surface area contributed by atoms with E-state index in [1.807, 2.05) is 0 Å². The number of rotatable bonds is 6. The summed E-state index contributed by atoms with van der Waals surface area (Å²) >= 11 is 0. The molecular weight excluding hydrogens is 232 g/mol. The molecule has 0 aromatic heterocycles. The van der Waals surface area contributed by atoms with Crippen molar-refractivity contribution in [3.8, 4) is 5.75 Å². The fraction of sp³-hybridized carbons (Fsp3) is 0.231. The maximum Gasteiger partial charge on any atom is 0.233 e. The van der Waals surface area contributed by atoms with Crippen LogP contribution in [0.2, 0.25) is 0 Å². The molecule has 18 heavy (non-hydrogen) atoms. The van der Waals surface area contributed by atoms with Crippen molar-refractivity contribution >= 4 is 17.5 Å². The summed E-state index contributed by atoms with van der Waals surface area (Å²) in [6.45, 7) is 3.82. The maximum atomic E-state index is 11.5. The molecule has 2 N–H and O–H groups in total. The molecule has 0 aliphatic carbocycles. The van der Waals surface area contributed by atoms with Crippen LogP contribution in [0.4, 0.5) is 5.69 Å². The van der Waals surface area contributed by atoms with Gasteiger partial charge in [0.15, 0.2) is 0 Å². The molecule has 0 saturated carbocycles. The first-order valence-corrected chi connectivity index (χ1v) is 5.47. The molecule has 2 amide bonds. The number of ether oxygens (including phenoxy) is 1. The number of anilines is 1. The topological polar surface area (TPSA) is 67.4 Å². The Balaban J connectivity index is 2.43. The van der Waals surface area contributed by atoms with Gasteiger partial charge in [0.25, 0.3) is 0 Å². The Bertz CT molecular complexity index is 426. The molecule has 96 valence electrons. The average molecular weight is 248 g/mol. The van der Waals surface area contributed by atoms with E-state index < -0.39 is 0 Å². The highest BCUT2D eigenvalue weighted by Gasteiger charge is 2.08. The van der Waals surface area contributed by atoms with E-state index in [1.54, 1.807) is 37.5 Å². The molecule has 5 heteroatoms. The summed E-state index contributed by atoms with van der Waals surface area (Å²) < 4.78 is 5.00. The third-order valence-corrected chi connectivity index (χ3v) is 2.14.